The number of nitrogens with one attached hydrogen (secondary N) is 3. The van der Waals surface area contributed by atoms with Gasteiger partial charge in [-0.2, -0.15) is 5.10 Å². The van der Waals surface area contributed by atoms with Crippen LogP contribution in [0.25, 0.3) is 0 Å². The molecule has 2 unspecified atom stereocenters. The molecule has 0 aromatic carbocycles. The van der Waals surface area contributed by atoms with Crippen LogP contribution in [0.1, 0.15) is 6.04 Å². The lowest BCUT2D eigenvalue weighted by atomic mass is 10.1. The molecule has 3 heterocycles. The van der Waals surface area contributed by atoms with Crippen LogP contribution in [0.2, 0.25) is 0 Å². The topological polar surface area (TPSA) is 63.1 Å². The molecule has 0 spiro atoms. The predicted octanol–water partition coefficient (Wildman–Crippen LogP) is -0.326. The third-order valence-electron chi connectivity index (χ3n) is 3.90. The highest BCUT2D eigenvalue weighted by molar-refractivity contribution is 5.35. The Morgan fingerprint density at radius 3 is 2.94 bits per heavy atom. The first-order valence-corrected chi connectivity index (χ1v) is 6.60. The highest BCUT2D eigenvalue weighted by atomic mass is 16.5. The number of methoxy groups -OCH3 is 1. The molecule has 0 radical (unpaired) electrons. The molecule has 0 saturated carbocycles. The Morgan fingerprint density at radius 1 is 1.39 bits per heavy atom. The fourth-order valence-corrected chi connectivity index (χ4v) is 2.62. The van der Waals surface area contributed by atoms with Crippen molar-refractivity contribution in [2.75, 3.05) is 45.2 Å². The van der Waals surface area contributed by atoms with Gasteiger partial charge in [0.05, 0.1) is 18.3 Å². The van der Waals surface area contributed by atoms with Crippen LogP contribution in [0.4, 0.5) is 5.82 Å². The fraction of sp³-hybridized carbons (Fsp3) is 0.750. The van der Waals surface area contributed by atoms with E-state index in [1.54, 1.807) is 7.11 Å². The van der Waals surface area contributed by atoms with Gasteiger partial charge in [-0.25, -0.2) is 4.68 Å². The summed E-state index contributed by atoms with van der Waals surface area (Å²) < 4.78 is 7.55. The van der Waals surface area contributed by atoms with Crippen molar-refractivity contribution < 1.29 is 4.74 Å². The van der Waals surface area contributed by atoms with E-state index in [1.807, 2.05) is 12.3 Å². The number of aromatic nitrogens is 2. The average Bonchev–Trinajstić information content (AvgIpc) is 2.92. The van der Waals surface area contributed by atoms with Crippen LogP contribution in [0.5, 0.6) is 0 Å². The molecule has 2 saturated heterocycles. The van der Waals surface area contributed by atoms with Gasteiger partial charge in [-0.3, -0.25) is 0 Å². The van der Waals surface area contributed by atoms with Gasteiger partial charge in [0.1, 0.15) is 5.82 Å². The molecule has 3 N–H and O–H groups in total. The van der Waals surface area contributed by atoms with E-state index in [-0.39, 0.29) is 0 Å². The van der Waals surface area contributed by atoms with Gasteiger partial charge >= 0.3 is 0 Å². The number of hydrogen-bond acceptors (Lipinski definition) is 5. The molecule has 6 heteroatoms. The van der Waals surface area contributed by atoms with Crippen LogP contribution < -0.4 is 16.0 Å². The van der Waals surface area contributed by atoms with E-state index in [4.69, 9.17) is 4.74 Å². The van der Waals surface area contributed by atoms with Gasteiger partial charge in [0.2, 0.25) is 0 Å². The quantitative estimate of drug-likeness (QED) is 0.669. The van der Waals surface area contributed by atoms with Gasteiger partial charge in [-0.1, -0.05) is 0 Å². The molecule has 2 fully saturated rings. The zero-order valence-electron chi connectivity index (χ0n) is 10.7. The monoisotopic (exact) mass is 251 g/mol. The van der Waals surface area contributed by atoms with E-state index in [1.165, 1.54) is 0 Å². The third kappa shape index (κ3) is 2.23. The van der Waals surface area contributed by atoms with Gasteiger partial charge in [0, 0.05) is 51.8 Å². The van der Waals surface area contributed by atoms with Crippen molar-refractivity contribution in [1.82, 2.24) is 20.4 Å². The van der Waals surface area contributed by atoms with Gasteiger partial charge in [-0.05, 0) is 0 Å². The fourth-order valence-electron chi connectivity index (χ4n) is 2.62. The summed E-state index contributed by atoms with van der Waals surface area (Å²) in [5, 5.41) is 14.5. The first-order chi connectivity index (χ1) is 8.88. The Bertz CT molecular complexity index is 390. The summed E-state index contributed by atoms with van der Waals surface area (Å²) in [6.45, 7) is 4.93. The maximum atomic E-state index is 5.47. The van der Waals surface area contributed by atoms with E-state index in [2.05, 4.69) is 25.7 Å². The Hall–Kier alpha value is -1.11. The zero-order chi connectivity index (χ0) is 12.4. The lowest BCUT2D eigenvalue weighted by Crippen LogP contribution is -2.44. The number of anilines is 1. The highest BCUT2D eigenvalue weighted by Crippen LogP contribution is 2.19. The molecule has 2 aliphatic heterocycles. The molecule has 0 bridgehead atoms. The molecule has 0 aliphatic carbocycles. The summed E-state index contributed by atoms with van der Waals surface area (Å²) >= 11 is 0. The van der Waals surface area contributed by atoms with Gasteiger partial charge in [0.15, 0.2) is 0 Å². The minimum absolute atomic E-state index is 0.319. The number of ether oxygens (including phenoxy) is 1. The maximum absolute atomic E-state index is 5.47. The van der Waals surface area contributed by atoms with Crippen LogP contribution in [0.3, 0.4) is 0 Å². The van der Waals surface area contributed by atoms with Gasteiger partial charge < -0.3 is 20.7 Å². The van der Waals surface area contributed by atoms with Crippen LogP contribution in [-0.2, 0) is 4.74 Å². The van der Waals surface area contributed by atoms with Crippen LogP contribution in [0, 0.1) is 5.92 Å². The van der Waals surface area contributed by atoms with Crippen molar-refractivity contribution in [3.63, 3.8) is 0 Å². The number of nitrogens with zero attached hydrogens (tertiary/aromatic N) is 2. The molecule has 18 heavy (non-hydrogen) atoms. The van der Waals surface area contributed by atoms with Crippen LogP contribution >= 0.6 is 0 Å². The van der Waals surface area contributed by atoms with Crippen molar-refractivity contribution in [3.05, 3.63) is 12.3 Å². The Kier molecular flexibility index (Phi) is 3.49. The predicted molar refractivity (Wildman–Crippen MR) is 69.8 cm³/mol. The Morgan fingerprint density at radius 2 is 2.22 bits per heavy atom. The summed E-state index contributed by atoms with van der Waals surface area (Å²) in [5.74, 6) is 1.64. The molecular formula is C12H21N5O. The van der Waals surface area contributed by atoms with Gasteiger partial charge in [-0.15, -0.1) is 0 Å². The average molecular weight is 251 g/mol. The molecule has 1 aromatic heterocycles. The largest absolute Gasteiger partial charge is 0.380 e. The molecule has 0 amide bonds. The summed E-state index contributed by atoms with van der Waals surface area (Å²) in [4.78, 5) is 0. The molecular weight excluding hydrogens is 230 g/mol. The second-order valence-electron chi connectivity index (χ2n) is 5.05. The van der Waals surface area contributed by atoms with E-state index in [0.29, 0.717) is 18.1 Å². The van der Waals surface area contributed by atoms with E-state index in [9.17, 15) is 0 Å². The van der Waals surface area contributed by atoms with Crippen molar-refractivity contribution in [2.24, 2.45) is 5.92 Å². The van der Waals surface area contributed by atoms with Crippen molar-refractivity contribution in [2.45, 2.75) is 12.1 Å². The van der Waals surface area contributed by atoms with Crippen molar-refractivity contribution >= 4 is 5.82 Å². The standard InChI is InChI=1S/C12H21N5O/c1-18-11-8-13-4-9(11)5-15-12-2-3-16-17(12)10-6-14-7-10/h2-3,9-11,13-15H,4-8H2,1H3. The zero-order valence-corrected chi connectivity index (χ0v) is 10.7. The second-order valence-corrected chi connectivity index (χ2v) is 5.05. The van der Waals surface area contributed by atoms with Crippen LogP contribution in [0.15, 0.2) is 12.3 Å². The summed E-state index contributed by atoms with van der Waals surface area (Å²) in [7, 11) is 1.79. The summed E-state index contributed by atoms with van der Waals surface area (Å²) in [6.07, 6.45) is 2.18. The number of rotatable bonds is 5. The Labute approximate surface area is 107 Å². The minimum atomic E-state index is 0.319. The third-order valence-corrected chi connectivity index (χ3v) is 3.90. The maximum Gasteiger partial charge on any atom is 0.124 e. The lowest BCUT2D eigenvalue weighted by Gasteiger charge is -2.29. The summed E-state index contributed by atoms with van der Waals surface area (Å²) in [6, 6.07) is 2.55. The van der Waals surface area contributed by atoms with E-state index < -0.39 is 0 Å². The lowest BCUT2D eigenvalue weighted by molar-refractivity contribution is 0.0872. The van der Waals surface area contributed by atoms with E-state index >= 15 is 0 Å². The smallest absolute Gasteiger partial charge is 0.124 e. The van der Waals surface area contributed by atoms with Crippen molar-refractivity contribution in [3.8, 4) is 0 Å². The molecule has 2 atom stereocenters. The van der Waals surface area contributed by atoms with Gasteiger partial charge in [0.25, 0.3) is 0 Å². The van der Waals surface area contributed by atoms with Crippen molar-refractivity contribution in [1.29, 1.82) is 0 Å². The first kappa shape index (κ1) is 12.0. The minimum Gasteiger partial charge on any atom is -0.380 e. The molecule has 1 aromatic rings. The first-order valence-electron chi connectivity index (χ1n) is 6.60. The highest BCUT2D eigenvalue weighted by Gasteiger charge is 2.27. The normalized spacial score (nSPS) is 28.3. The molecule has 2 aliphatic rings. The second kappa shape index (κ2) is 5.26. The van der Waals surface area contributed by atoms with E-state index in [0.717, 1.165) is 38.5 Å². The SMILES string of the molecule is COC1CNCC1CNc1ccnn1C1CNC1. The summed E-state index contributed by atoms with van der Waals surface area (Å²) in [5.41, 5.74) is 0. The van der Waals surface area contributed by atoms with Crippen LogP contribution in [-0.4, -0.2) is 55.7 Å². The molecule has 3 rings (SSSR count). The Balaban J connectivity index is 1.57. The number of hydrogen-bond donors (Lipinski definition) is 3. The molecule has 100 valence electrons. The molecule has 6 nitrogen and oxygen atoms in total.